The molecule has 26 heavy (non-hydrogen) atoms. The van der Waals surface area contributed by atoms with Gasteiger partial charge in [-0.3, -0.25) is 4.79 Å². The number of aromatic nitrogens is 2. The molecule has 0 bridgehead atoms. The van der Waals surface area contributed by atoms with E-state index in [2.05, 4.69) is 20.2 Å². The Labute approximate surface area is 157 Å². The highest BCUT2D eigenvalue weighted by Crippen LogP contribution is 2.27. The first kappa shape index (κ1) is 18.6. The number of hydrogen-bond acceptors (Lipinski definition) is 7. The molecule has 2 aromatic heterocycles. The number of amides is 1. The Hall–Kier alpha value is -2.21. The molecule has 7 nitrogen and oxygen atoms in total. The number of sulfonamides is 1. The Morgan fingerprint density at radius 3 is 2.62 bits per heavy atom. The lowest BCUT2D eigenvalue weighted by Gasteiger charge is -2.06. The average Bonchev–Trinajstić information content (AvgIpc) is 3.26. The van der Waals surface area contributed by atoms with Crippen molar-refractivity contribution in [1.82, 2.24) is 14.9 Å². The molecule has 3 rings (SSSR count). The first-order valence-electron chi connectivity index (χ1n) is 7.35. The number of thiophene rings is 1. The molecule has 2 N–H and O–H groups in total. The Bertz CT molecular complexity index is 986. The number of rotatable bonds is 7. The maximum atomic E-state index is 12.9. The number of carbonyl (C=O) groups excluding carboxylic acids is 1. The van der Waals surface area contributed by atoms with Crippen molar-refractivity contribution in [3.63, 3.8) is 0 Å². The summed E-state index contributed by atoms with van der Waals surface area (Å²) in [6, 6.07) is 6.33. The summed E-state index contributed by atoms with van der Waals surface area (Å²) in [6.45, 7) is -0.0955. The Morgan fingerprint density at radius 1 is 1.15 bits per heavy atom. The second-order valence-corrected chi connectivity index (χ2v) is 8.60. The van der Waals surface area contributed by atoms with Gasteiger partial charge >= 0.3 is 0 Å². The van der Waals surface area contributed by atoms with Gasteiger partial charge in [0.1, 0.15) is 10.8 Å². The summed E-state index contributed by atoms with van der Waals surface area (Å²) in [5.74, 6) is -0.915. The van der Waals surface area contributed by atoms with Crippen molar-refractivity contribution in [2.45, 2.75) is 11.3 Å². The van der Waals surface area contributed by atoms with Crippen LogP contribution in [0, 0.1) is 5.82 Å². The highest BCUT2D eigenvalue weighted by molar-refractivity contribution is 7.89. The lowest BCUT2D eigenvalue weighted by atomic mass is 10.4. The van der Waals surface area contributed by atoms with Crippen LogP contribution in [0.4, 0.5) is 9.52 Å². The van der Waals surface area contributed by atoms with Crippen LogP contribution in [0.3, 0.4) is 0 Å². The molecule has 0 radical (unpaired) electrons. The smallest absolute Gasteiger partial charge is 0.240 e. The molecule has 1 amide bonds. The quantitative estimate of drug-likeness (QED) is 0.621. The lowest BCUT2D eigenvalue weighted by molar-refractivity contribution is -0.116. The molecule has 0 spiro atoms. The minimum Gasteiger partial charge on any atom is -0.300 e. The Kier molecular flexibility index (Phi) is 5.71. The molecule has 3 aromatic rings. The topological polar surface area (TPSA) is 101 Å². The number of benzene rings is 1. The summed E-state index contributed by atoms with van der Waals surface area (Å²) in [5.41, 5.74) is 0.931. The van der Waals surface area contributed by atoms with E-state index in [0.717, 1.165) is 29.8 Å². The molecular weight excluding hydrogens is 399 g/mol. The summed E-state index contributed by atoms with van der Waals surface area (Å²) in [4.78, 5) is 11.9. The third-order valence-electron chi connectivity index (χ3n) is 3.21. The van der Waals surface area contributed by atoms with Gasteiger partial charge in [-0.1, -0.05) is 11.3 Å². The monoisotopic (exact) mass is 412 g/mol. The summed E-state index contributed by atoms with van der Waals surface area (Å²) in [6.07, 6.45) is -0.0756. The fourth-order valence-corrected chi connectivity index (χ4v) is 4.46. The van der Waals surface area contributed by atoms with E-state index >= 15 is 0 Å². The van der Waals surface area contributed by atoms with E-state index in [1.54, 1.807) is 0 Å². The van der Waals surface area contributed by atoms with Gasteiger partial charge in [0.25, 0.3) is 0 Å². The normalized spacial score (nSPS) is 11.4. The number of nitrogens with zero attached hydrogens (tertiary/aromatic N) is 2. The minimum atomic E-state index is -3.79. The van der Waals surface area contributed by atoms with E-state index in [4.69, 9.17) is 0 Å². The van der Waals surface area contributed by atoms with Crippen LogP contribution in [0.15, 0.2) is 46.0 Å². The molecule has 2 heterocycles. The van der Waals surface area contributed by atoms with Gasteiger partial charge in [0.2, 0.25) is 21.1 Å². The average molecular weight is 412 g/mol. The van der Waals surface area contributed by atoms with Crippen LogP contribution in [0.1, 0.15) is 6.42 Å². The predicted molar refractivity (Wildman–Crippen MR) is 98.1 cm³/mol. The van der Waals surface area contributed by atoms with Crippen LogP contribution in [0.25, 0.3) is 10.6 Å². The number of halogens is 1. The predicted octanol–water partition coefficient (Wildman–Crippen LogP) is 2.71. The first-order chi connectivity index (χ1) is 12.4. The van der Waals surface area contributed by atoms with Crippen molar-refractivity contribution in [3.05, 3.63) is 46.9 Å². The summed E-state index contributed by atoms with van der Waals surface area (Å²) >= 11 is 2.77. The van der Waals surface area contributed by atoms with Gasteiger partial charge in [0.15, 0.2) is 0 Å². The number of nitrogens with one attached hydrogen (secondary N) is 2. The first-order valence-corrected chi connectivity index (χ1v) is 10.6. The van der Waals surface area contributed by atoms with Crippen LogP contribution in [0.2, 0.25) is 0 Å². The van der Waals surface area contributed by atoms with Gasteiger partial charge in [0, 0.05) is 23.9 Å². The van der Waals surface area contributed by atoms with Gasteiger partial charge < -0.3 is 5.32 Å². The third-order valence-corrected chi connectivity index (χ3v) is 6.26. The van der Waals surface area contributed by atoms with Gasteiger partial charge in [-0.15, -0.1) is 10.2 Å². The highest BCUT2D eigenvalue weighted by atomic mass is 32.2. The largest absolute Gasteiger partial charge is 0.300 e. The molecule has 11 heteroatoms. The lowest BCUT2D eigenvalue weighted by Crippen LogP contribution is -2.27. The van der Waals surface area contributed by atoms with Crippen molar-refractivity contribution in [1.29, 1.82) is 0 Å². The SMILES string of the molecule is O=C(CCNS(=O)(=O)c1ccc(F)cc1)Nc1nnc(-c2ccsc2)s1. The van der Waals surface area contributed by atoms with Crippen molar-refractivity contribution >= 4 is 43.7 Å². The zero-order chi connectivity index (χ0) is 18.6. The van der Waals surface area contributed by atoms with Crippen LogP contribution >= 0.6 is 22.7 Å². The molecule has 0 aliphatic heterocycles. The van der Waals surface area contributed by atoms with E-state index in [0.29, 0.717) is 10.1 Å². The Balaban J connectivity index is 1.50. The third kappa shape index (κ3) is 4.69. The van der Waals surface area contributed by atoms with Crippen LogP contribution in [-0.2, 0) is 14.8 Å². The van der Waals surface area contributed by atoms with E-state index in [-0.39, 0.29) is 23.8 Å². The number of carbonyl (C=O) groups is 1. The van der Waals surface area contributed by atoms with Gasteiger partial charge in [-0.25, -0.2) is 17.5 Å². The van der Waals surface area contributed by atoms with E-state index in [9.17, 15) is 17.6 Å². The Morgan fingerprint density at radius 2 is 1.92 bits per heavy atom. The molecule has 0 aliphatic rings. The highest BCUT2D eigenvalue weighted by Gasteiger charge is 2.15. The van der Waals surface area contributed by atoms with Gasteiger partial charge in [-0.2, -0.15) is 11.3 Å². The number of hydrogen-bond donors (Lipinski definition) is 2. The second kappa shape index (κ2) is 7.99. The van der Waals surface area contributed by atoms with Crippen molar-refractivity contribution in [2.24, 2.45) is 0 Å². The van der Waals surface area contributed by atoms with E-state index in [1.165, 1.54) is 22.7 Å². The molecule has 0 saturated carbocycles. The molecule has 136 valence electrons. The minimum absolute atomic E-state index is 0.0659. The molecule has 0 unspecified atom stereocenters. The summed E-state index contributed by atoms with van der Waals surface area (Å²) < 4.78 is 39.2. The standard InChI is InChI=1S/C15H13FN4O3S3/c16-11-1-3-12(4-2-11)26(22,23)17-7-5-13(21)18-15-20-19-14(25-15)10-6-8-24-9-10/h1-4,6,8-9,17H,5,7H2,(H,18,20,21). The molecular formula is C15H13FN4O3S3. The fraction of sp³-hybridized carbons (Fsp3) is 0.133. The van der Waals surface area contributed by atoms with Crippen LogP contribution in [-0.4, -0.2) is 31.1 Å². The molecule has 0 atom stereocenters. The molecule has 1 aromatic carbocycles. The maximum Gasteiger partial charge on any atom is 0.240 e. The van der Waals surface area contributed by atoms with E-state index < -0.39 is 15.8 Å². The van der Waals surface area contributed by atoms with Crippen molar-refractivity contribution in [2.75, 3.05) is 11.9 Å². The second-order valence-electron chi connectivity index (χ2n) is 5.07. The molecule has 0 fully saturated rings. The van der Waals surface area contributed by atoms with Gasteiger partial charge in [-0.05, 0) is 35.7 Å². The zero-order valence-electron chi connectivity index (χ0n) is 13.2. The summed E-state index contributed by atoms with van der Waals surface area (Å²) in [5, 5.41) is 15.4. The van der Waals surface area contributed by atoms with Crippen molar-refractivity contribution in [3.8, 4) is 10.6 Å². The van der Waals surface area contributed by atoms with Crippen molar-refractivity contribution < 1.29 is 17.6 Å². The van der Waals surface area contributed by atoms with Gasteiger partial charge in [0.05, 0.1) is 4.90 Å². The van der Waals surface area contributed by atoms with Crippen LogP contribution in [0.5, 0.6) is 0 Å². The number of anilines is 1. The molecule has 0 saturated heterocycles. The summed E-state index contributed by atoms with van der Waals surface area (Å²) in [7, 11) is -3.79. The maximum absolute atomic E-state index is 12.9. The van der Waals surface area contributed by atoms with E-state index in [1.807, 2.05) is 16.8 Å². The van der Waals surface area contributed by atoms with Crippen LogP contribution < -0.4 is 10.0 Å². The fourth-order valence-electron chi connectivity index (χ4n) is 1.95. The molecule has 0 aliphatic carbocycles. The zero-order valence-corrected chi connectivity index (χ0v) is 15.6.